The van der Waals surface area contributed by atoms with Crippen LogP contribution in [0.15, 0.2) is 12.3 Å². The lowest BCUT2D eigenvalue weighted by molar-refractivity contribution is 0.00578. The number of hydrogen-bond acceptors (Lipinski definition) is 4. The molecule has 2 N–H and O–H groups in total. The van der Waals surface area contributed by atoms with E-state index in [4.69, 9.17) is 26.6 Å². The summed E-state index contributed by atoms with van der Waals surface area (Å²) in [5.74, 6) is 0. The van der Waals surface area contributed by atoms with Crippen LogP contribution in [0.3, 0.4) is 0 Å². The second-order valence-corrected chi connectivity index (χ2v) is 6.19. The van der Waals surface area contributed by atoms with Crippen LogP contribution in [0.4, 0.5) is 0 Å². The van der Waals surface area contributed by atoms with Crippen molar-refractivity contribution >= 4 is 24.3 Å². The monoisotopic (exact) mass is 282 g/mol. The van der Waals surface area contributed by atoms with Gasteiger partial charge < -0.3 is 15.0 Å². The second kappa shape index (κ2) is 5.06. The molecule has 1 aliphatic heterocycles. The zero-order valence-corrected chi connectivity index (χ0v) is 12.6. The zero-order chi connectivity index (χ0) is 14.3. The molecular weight excluding hydrogens is 262 g/mol. The molecule has 1 saturated heterocycles. The van der Waals surface area contributed by atoms with E-state index in [0.29, 0.717) is 18.0 Å². The number of hydrogen-bond donors (Lipinski definition) is 1. The smallest absolute Gasteiger partial charge is 0.398 e. The number of nitrogens with zero attached hydrogens (tertiary/aromatic N) is 1. The predicted molar refractivity (Wildman–Crippen MR) is 77.7 cm³/mol. The van der Waals surface area contributed by atoms with E-state index in [1.165, 1.54) is 0 Å². The van der Waals surface area contributed by atoms with Gasteiger partial charge in [0.15, 0.2) is 0 Å². The van der Waals surface area contributed by atoms with Crippen LogP contribution in [0.5, 0.6) is 0 Å². The van der Waals surface area contributed by atoms with E-state index >= 15 is 0 Å². The summed E-state index contributed by atoms with van der Waals surface area (Å²) in [6.45, 7) is 8.57. The van der Waals surface area contributed by atoms with E-state index < -0.39 is 7.12 Å². The van der Waals surface area contributed by atoms with Crippen LogP contribution in [0.2, 0.25) is 5.02 Å². The van der Waals surface area contributed by atoms with Crippen LogP contribution in [0.1, 0.15) is 33.3 Å². The van der Waals surface area contributed by atoms with E-state index in [0.717, 1.165) is 11.2 Å². The first-order valence-electron chi connectivity index (χ1n) is 6.47. The Bertz CT molecular complexity index is 464. The van der Waals surface area contributed by atoms with Crippen molar-refractivity contribution in [2.24, 2.45) is 5.73 Å². The Morgan fingerprint density at radius 2 is 1.84 bits per heavy atom. The Hall–Kier alpha value is -0.615. The summed E-state index contributed by atoms with van der Waals surface area (Å²) < 4.78 is 12.0. The molecule has 0 amide bonds. The van der Waals surface area contributed by atoms with E-state index in [2.05, 4.69) is 4.98 Å². The second-order valence-electron chi connectivity index (χ2n) is 5.78. The maximum atomic E-state index is 6.22. The molecule has 104 valence electrons. The minimum atomic E-state index is -0.495. The molecule has 4 nitrogen and oxygen atoms in total. The molecule has 6 heteroatoms. The van der Waals surface area contributed by atoms with Crippen LogP contribution >= 0.6 is 11.6 Å². The van der Waals surface area contributed by atoms with E-state index in [1.807, 2.05) is 27.7 Å². The van der Waals surface area contributed by atoms with Gasteiger partial charge in [0.25, 0.3) is 0 Å². The van der Waals surface area contributed by atoms with Crippen molar-refractivity contribution in [1.29, 1.82) is 0 Å². The van der Waals surface area contributed by atoms with Crippen molar-refractivity contribution in [3.05, 3.63) is 22.8 Å². The van der Waals surface area contributed by atoms with Gasteiger partial charge >= 0.3 is 7.12 Å². The average Bonchev–Trinajstić information content (AvgIpc) is 2.51. The maximum Gasteiger partial charge on any atom is 0.514 e. The number of pyridine rings is 1. The molecule has 1 fully saturated rings. The standard InChI is InChI=1S/C13H20BClN2O2/c1-12(2)13(3,4)19-14(18-12)11-9(5-7-16)10(15)6-8-17-11/h6,8H,5,7,16H2,1-4H3. The molecule has 2 rings (SSSR count). The summed E-state index contributed by atoms with van der Waals surface area (Å²) in [4.78, 5) is 4.38. The lowest BCUT2D eigenvalue weighted by Gasteiger charge is -2.32. The highest BCUT2D eigenvalue weighted by Crippen LogP contribution is 2.36. The van der Waals surface area contributed by atoms with Gasteiger partial charge in [-0.2, -0.15) is 0 Å². The maximum absolute atomic E-state index is 6.22. The molecule has 0 aromatic carbocycles. The van der Waals surface area contributed by atoms with Gasteiger partial charge in [0.2, 0.25) is 0 Å². The Kier molecular flexibility index (Phi) is 3.93. The lowest BCUT2D eigenvalue weighted by atomic mass is 9.80. The number of halogens is 1. The average molecular weight is 283 g/mol. The molecule has 0 bridgehead atoms. The van der Waals surface area contributed by atoms with E-state index in [9.17, 15) is 0 Å². The molecule has 0 spiro atoms. The molecule has 0 radical (unpaired) electrons. The van der Waals surface area contributed by atoms with Crippen LogP contribution in [-0.4, -0.2) is 29.8 Å². The highest BCUT2D eigenvalue weighted by atomic mass is 35.5. The van der Waals surface area contributed by atoms with Crippen molar-refractivity contribution in [2.75, 3.05) is 6.54 Å². The summed E-state index contributed by atoms with van der Waals surface area (Å²) in [5.41, 5.74) is 6.50. The summed E-state index contributed by atoms with van der Waals surface area (Å²) in [6.07, 6.45) is 2.33. The Morgan fingerprint density at radius 3 is 2.37 bits per heavy atom. The molecule has 0 aliphatic carbocycles. The highest BCUT2D eigenvalue weighted by Gasteiger charge is 2.52. The van der Waals surface area contributed by atoms with Gasteiger partial charge in [0, 0.05) is 11.2 Å². The van der Waals surface area contributed by atoms with Crippen molar-refractivity contribution in [2.45, 2.75) is 45.3 Å². The fraction of sp³-hybridized carbons (Fsp3) is 0.615. The Morgan fingerprint density at radius 1 is 1.26 bits per heavy atom. The third-order valence-corrected chi connectivity index (χ3v) is 4.26. The highest BCUT2D eigenvalue weighted by molar-refractivity contribution is 6.62. The normalized spacial score (nSPS) is 20.8. The largest absolute Gasteiger partial charge is 0.514 e. The molecule has 0 atom stereocenters. The fourth-order valence-electron chi connectivity index (χ4n) is 2.03. The van der Waals surface area contributed by atoms with Gasteiger partial charge in [-0.05, 0) is 52.3 Å². The van der Waals surface area contributed by atoms with E-state index in [1.54, 1.807) is 12.3 Å². The van der Waals surface area contributed by atoms with Crippen molar-refractivity contribution < 1.29 is 9.31 Å². The number of rotatable bonds is 3. The number of nitrogens with two attached hydrogens (primary N) is 1. The first-order valence-corrected chi connectivity index (χ1v) is 6.85. The van der Waals surface area contributed by atoms with Crippen LogP contribution in [0.25, 0.3) is 0 Å². The molecule has 2 heterocycles. The first kappa shape index (κ1) is 14.8. The minimum Gasteiger partial charge on any atom is -0.398 e. The predicted octanol–water partition coefficient (Wildman–Crippen LogP) is 1.54. The third kappa shape index (κ3) is 2.65. The molecule has 0 unspecified atom stereocenters. The SMILES string of the molecule is CC1(C)OB(c2nccc(Cl)c2CCN)OC1(C)C. The molecule has 19 heavy (non-hydrogen) atoms. The minimum absolute atomic E-state index is 0.387. The first-order chi connectivity index (χ1) is 8.78. The lowest BCUT2D eigenvalue weighted by Crippen LogP contribution is -2.41. The van der Waals surface area contributed by atoms with Crippen molar-refractivity contribution in [3.63, 3.8) is 0 Å². The van der Waals surface area contributed by atoms with Crippen molar-refractivity contribution in [3.8, 4) is 0 Å². The summed E-state index contributed by atoms with van der Waals surface area (Å²) in [5, 5.41) is 0.658. The summed E-state index contributed by atoms with van der Waals surface area (Å²) in [6, 6.07) is 1.77. The zero-order valence-electron chi connectivity index (χ0n) is 11.9. The van der Waals surface area contributed by atoms with Crippen LogP contribution in [-0.2, 0) is 15.7 Å². The Labute approximate surface area is 119 Å². The van der Waals surface area contributed by atoms with Gasteiger partial charge in [-0.15, -0.1) is 0 Å². The quantitative estimate of drug-likeness (QED) is 0.854. The van der Waals surface area contributed by atoms with Gasteiger partial charge in [0.05, 0.1) is 16.8 Å². The molecule has 0 saturated carbocycles. The van der Waals surface area contributed by atoms with Gasteiger partial charge in [-0.25, -0.2) is 0 Å². The van der Waals surface area contributed by atoms with Crippen molar-refractivity contribution in [1.82, 2.24) is 4.98 Å². The molecule has 1 aliphatic rings. The van der Waals surface area contributed by atoms with Gasteiger partial charge in [0.1, 0.15) is 0 Å². The summed E-state index contributed by atoms with van der Waals surface area (Å²) in [7, 11) is -0.495. The summed E-state index contributed by atoms with van der Waals surface area (Å²) >= 11 is 6.22. The number of aromatic nitrogens is 1. The van der Waals surface area contributed by atoms with Crippen LogP contribution in [0, 0.1) is 0 Å². The van der Waals surface area contributed by atoms with E-state index in [-0.39, 0.29) is 11.2 Å². The third-order valence-electron chi connectivity index (χ3n) is 3.90. The van der Waals surface area contributed by atoms with Crippen LogP contribution < -0.4 is 11.3 Å². The molecule has 1 aromatic heterocycles. The topological polar surface area (TPSA) is 57.4 Å². The fourth-order valence-corrected chi connectivity index (χ4v) is 2.28. The van der Waals surface area contributed by atoms with Gasteiger partial charge in [-0.1, -0.05) is 11.6 Å². The molecule has 1 aromatic rings. The Balaban J connectivity index is 2.37. The van der Waals surface area contributed by atoms with Gasteiger partial charge in [-0.3, -0.25) is 4.98 Å². The molecular formula is C13H20BClN2O2.